The summed E-state index contributed by atoms with van der Waals surface area (Å²) in [5.74, 6) is 0. The van der Waals surface area contributed by atoms with Crippen molar-refractivity contribution in [1.82, 2.24) is 15.1 Å². The molecule has 0 bridgehead atoms. The number of nitrogens with zero attached hydrogens (tertiary/aromatic N) is 2. The molecule has 0 radical (unpaired) electrons. The fraction of sp³-hybridized carbons (Fsp3) is 1.00. The topological polar surface area (TPSA) is 18.5 Å². The zero-order valence-corrected chi connectivity index (χ0v) is 13.3. The van der Waals surface area contributed by atoms with Crippen LogP contribution in [0, 0.1) is 0 Å². The SMILES string of the molecule is CCC(CNC(C)(C)C)N1CCCN(C)CC1C. The lowest BCUT2D eigenvalue weighted by molar-refractivity contribution is 0.130. The molecule has 1 rings (SSSR count). The molecule has 2 unspecified atom stereocenters. The summed E-state index contributed by atoms with van der Waals surface area (Å²) >= 11 is 0. The number of hydrogen-bond donors (Lipinski definition) is 1. The highest BCUT2D eigenvalue weighted by Crippen LogP contribution is 2.15. The van der Waals surface area contributed by atoms with E-state index in [1.165, 1.54) is 32.5 Å². The maximum Gasteiger partial charge on any atom is 0.0221 e. The van der Waals surface area contributed by atoms with Crippen LogP contribution in [0.1, 0.15) is 47.5 Å². The van der Waals surface area contributed by atoms with Crippen LogP contribution in [0.5, 0.6) is 0 Å². The Morgan fingerprint density at radius 1 is 1.28 bits per heavy atom. The summed E-state index contributed by atoms with van der Waals surface area (Å²) in [4.78, 5) is 5.18. The van der Waals surface area contributed by atoms with Gasteiger partial charge in [-0.05, 0) is 54.1 Å². The van der Waals surface area contributed by atoms with E-state index in [0.717, 1.165) is 6.54 Å². The van der Waals surface area contributed by atoms with Gasteiger partial charge in [0.25, 0.3) is 0 Å². The zero-order valence-electron chi connectivity index (χ0n) is 13.3. The molecule has 2 atom stereocenters. The molecular weight excluding hydrogens is 222 g/mol. The van der Waals surface area contributed by atoms with Crippen LogP contribution in [0.15, 0.2) is 0 Å². The molecule has 18 heavy (non-hydrogen) atoms. The standard InChI is InChI=1S/C15H33N3/c1-7-14(11-16-15(3,4)5)18-10-8-9-17(6)12-13(18)2/h13-14,16H,7-12H2,1-6H3. The monoisotopic (exact) mass is 255 g/mol. The van der Waals surface area contributed by atoms with Gasteiger partial charge in [-0.2, -0.15) is 0 Å². The molecule has 0 spiro atoms. The summed E-state index contributed by atoms with van der Waals surface area (Å²) in [5, 5.41) is 3.67. The van der Waals surface area contributed by atoms with Gasteiger partial charge in [0, 0.05) is 37.3 Å². The van der Waals surface area contributed by atoms with Crippen molar-refractivity contribution in [2.45, 2.75) is 65.1 Å². The first-order valence-corrected chi connectivity index (χ1v) is 7.53. The van der Waals surface area contributed by atoms with Gasteiger partial charge in [0.1, 0.15) is 0 Å². The third-order valence-corrected chi connectivity index (χ3v) is 3.91. The van der Waals surface area contributed by atoms with E-state index in [1.807, 2.05) is 0 Å². The average molecular weight is 255 g/mol. The second kappa shape index (κ2) is 6.88. The van der Waals surface area contributed by atoms with E-state index < -0.39 is 0 Å². The lowest BCUT2D eigenvalue weighted by Gasteiger charge is -2.37. The Morgan fingerprint density at radius 3 is 2.50 bits per heavy atom. The van der Waals surface area contributed by atoms with Gasteiger partial charge in [0.15, 0.2) is 0 Å². The van der Waals surface area contributed by atoms with Crippen LogP contribution in [-0.4, -0.2) is 60.6 Å². The lowest BCUT2D eigenvalue weighted by atomic mass is 10.1. The summed E-state index contributed by atoms with van der Waals surface area (Å²) < 4.78 is 0. The van der Waals surface area contributed by atoms with Gasteiger partial charge in [0.05, 0.1) is 0 Å². The van der Waals surface area contributed by atoms with Crippen LogP contribution in [0.3, 0.4) is 0 Å². The van der Waals surface area contributed by atoms with E-state index in [-0.39, 0.29) is 5.54 Å². The second-order valence-electron chi connectivity index (χ2n) is 6.90. The summed E-state index contributed by atoms with van der Waals surface area (Å²) in [5.41, 5.74) is 0.222. The number of rotatable bonds is 4. The minimum atomic E-state index is 0.222. The van der Waals surface area contributed by atoms with Crippen LogP contribution in [0.4, 0.5) is 0 Å². The first kappa shape index (κ1) is 15.9. The Kier molecular flexibility index (Phi) is 6.09. The predicted octanol–water partition coefficient (Wildman–Crippen LogP) is 2.18. The van der Waals surface area contributed by atoms with Crippen LogP contribution >= 0.6 is 0 Å². The minimum Gasteiger partial charge on any atom is -0.311 e. The van der Waals surface area contributed by atoms with Gasteiger partial charge in [-0.3, -0.25) is 4.90 Å². The van der Waals surface area contributed by atoms with E-state index in [1.54, 1.807) is 0 Å². The lowest BCUT2D eigenvalue weighted by Crippen LogP contribution is -2.51. The molecule has 1 aliphatic heterocycles. The fourth-order valence-corrected chi connectivity index (χ4v) is 2.85. The summed E-state index contributed by atoms with van der Waals surface area (Å²) in [6.07, 6.45) is 2.53. The van der Waals surface area contributed by atoms with E-state index in [2.05, 4.69) is 56.8 Å². The van der Waals surface area contributed by atoms with Gasteiger partial charge >= 0.3 is 0 Å². The quantitative estimate of drug-likeness (QED) is 0.831. The molecule has 0 saturated carbocycles. The highest BCUT2D eigenvalue weighted by molar-refractivity contribution is 4.84. The smallest absolute Gasteiger partial charge is 0.0221 e. The predicted molar refractivity (Wildman–Crippen MR) is 80.1 cm³/mol. The zero-order chi connectivity index (χ0) is 13.8. The largest absolute Gasteiger partial charge is 0.311 e. The van der Waals surface area contributed by atoms with Crippen molar-refractivity contribution in [3.05, 3.63) is 0 Å². The number of nitrogens with one attached hydrogen (secondary N) is 1. The highest BCUT2D eigenvalue weighted by atomic mass is 15.3. The molecule has 1 aliphatic rings. The van der Waals surface area contributed by atoms with Crippen LogP contribution in [-0.2, 0) is 0 Å². The normalized spacial score (nSPS) is 26.0. The van der Waals surface area contributed by atoms with Crippen molar-refractivity contribution in [1.29, 1.82) is 0 Å². The van der Waals surface area contributed by atoms with E-state index in [4.69, 9.17) is 0 Å². The molecule has 1 N–H and O–H groups in total. The molecule has 3 nitrogen and oxygen atoms in total. The Morgan fingerprint density at radius 2 is 1.94 bits per heavy atom. The van der Waals surface area contributed by atoms with Gasteiger partial charge in [-0.15, -0.1) is 0 Å². The van der Waals surface area contributed by atoms with Crippen LogP contribution in [0.25, 0.3) is 0 Å². The van der Waals surface area contributed by atoms with Crippen molar-refractivity contribution in [2.24, 2.45) is 0 Å². The minimum absolute atomic E-state index is 0.222. The highest BCUT2D eigenvalue weighted by Gasteiger charge is 2.26. The van der Waals surface area contributed by atoms with Crippen molar-refractivity contribution >= 4 is 0 Å². The molecule has 108 valence electrons. The first-order valence-electron chi connectivity index (χ1n) is 7.53. The molecule has 1 saturated heterocycles. The molecule has 0 aromatic carbocycles. The van der Waals surface area contributed by atoms with E-state index >= 15 is 0 Å². The molecule has 0 aliphatic carbocycles. The third-order valence-electron chi connectivity index (χ3n) is 3.91. The third kappa shape index (κ3) is 5.25. The Hall–Kier alpha value is -0.120. The molecular formula is C15H33N3. The average Bonchev–Trinajstić information content (AvgIpc) is 2.40. The van der Waals surface area contributed by atoms with Gasteiger partial charge in [-0.25, -0.2) is 0 Å². The van der Waals surface area contributed by atoms with Crippen molar-refractivity contribution in [3.63, 3.8) is 0 Å². The van der Waals surface area contributed by atoms with Gasteiger partial charge in [0.2, 0.25) is 0 Å². The van der Waals surface area contributed by atoms with Gasteiger partial charge in [-0.1, -0.05) is 6.92 Å². The Balaban J connectivity index is 2.57. The summed E-state index contributed by atoms with van der Waals surface area (Å²) in [6.45, 7) is 16.2. The fourth-order valence-electron chi connectivity index (χ4n) is 2.85. The number of likely N-dealkylation sites (N-methyl/N-ethyl adjacent to an activating group) is 1. The maximum absolute atomic E-state index is 3.67. The molecule has 0 aromatic heterocycles. The molecule has 3 heteroatoms. The summed E-state index contributed by atoms with van der Waals surface area (Å²) in [6, 6.07) is 1.34. The first-order chi connectivity index (χ1) is 8.33. The molecule has 0 amide bonds. The summed E-state index contributed by atoms with van der Waals surface area (Å²) in [7, 11) is 2.24. The van der Waals surface area contributed by atoms with E-state index in [0.29, 0.717) is 12.1 Å². The maximum atomic E-state index is 3.67. The van der Waals surface area contributed by atoms with Crippen molar-refractivity contribution in [2.75, 3.05) is 33.2 Å². The molecule has 1 heterocycles. The molecule has 1 fully saturated rings. The second-order valence-corrected chi connectivity index (χ2v) is 6.90. The van der Waals surface area contributed by atoms with Gasteiger partial charge < -0.3 is 10.2 Å². The van der Waals surface area contributed by atoms with Crippen LogP contribution < -0.4 is 5.32 Å². The molecule has 0 aromatic rings. The Bertz CT molecular complexity index is 234. The number of hydrogen-bond acceptors (Lipinski definition) is 3. The van der Waals surface area contributed by atoms with Crippen LogP contribution in [0.2, 0.25) is 0 Å². The van der Waals surface area contributed by atoms with E-state index in [9.17, 15) is 0 Å². The van der Waals surface area contributed by atoms with Crippen molar-refractivity contribution < 1.29 is 0 Å². The van der Waals surface area contributed by atoms with Crippen molar-refractivity contribution in [3.8, 4) is 0 Å². The Labute approximate surface area is 114 Å².